The lowest BCUT2D eigenvalue weighted by Gasteiger charge is -2.22. The van der Waals surface area contributed by atoms with Crippen molar-refractivity contribution in [1.29, 1.82) is 0 Å². The number of methoxy groups -OCH3 is 2. The number of hydrogen-bond donors (Lipinski definition) is 1. The Hall–Kier alpha value is -4.53. The first-order chi connectivity index (χ1) is 21.0. The summed E-state index contributed by atoms with van der Waals surface area (Å²) in [5, 5.41) is 5.73. The fourth-order valence-corrected chi connectivity index (χ4v) is 5.75. The maximum Gasteiger partial charge on any atom is 0.271 e. The monoisotopic (exact) mass is 595 g/mol. The second-order valence-electron chi connectivity index (χ2n) is 10.1. The third kappa shape index (κ3) is 7.85. The van der Waals surface area contributed by atoms with Crippen LogP contribution in [0, 0.1) is 5.82 Å². The van der Waals surface area contributed by atoms with E-state index in [1.54, 1.807) is 31.7 Å². The van der Waals surface area contributed by atoms with Crippen LogP contribution in [0.5, 0.6) is 11.5 Å². The van der Waals surface area contributed by atoms with Crippen molar-refractivity contribution in [1.82, 2.24) is 15.2 Å². The molecule has 6 nitrogen and oxygen atoms in total. The molecule has 0 saturated heterocycles. The van der Waals surface area contributed by atoms with Crippen molar-refractivity contribution in [2.24, 2.45) is 0 Å². The second kappa shape index (κ2) is 14.6. The van der Waals surface area contributed by atoms with Gasteiger partial charge in [0.1, 0.15) is 16.5 Å². The van der Waals surface area contributed by atoms with Crippen molar-refractivity contribution >= 4 is 17.2 Å². The average Bonchev–Trinajstić information content (AvgIpc) is 3.52. The quantitative estimate of drug-likeness (QED) is 0.158. The summed E-state index contributed by atoms with van der Waals surface area (Å²) in [4.78, 5) is 20.2. The summed E-state index contributed by atoms with van der Waals surface area (Å²) in [6, 6.07) is 32.1. The number of nitrogens with one attached hydrogen (secondary N) is 1. The van der Waals surface area contributed by atoms with E-state index in [9.17, 15) is 9.18 Å². The Kier molecular flexibility index (Phi) is 10.2. The van der Waals surface area contributed by atoms with Gasteiger partial charge in [-0.05, 0) is 41.3 Å². The third-order valence-corrected chi connectivity index (χ3v) is 8.03. The summed E-state index contributed by atoms with van der Waals surface area (Å²) in [5.41, 5.74) is 4.02. The molecule has 0 atom stereocenters. The number of benzene rings is 4. The van der Waals surface area contributed by atoms with Crippen LogP contribution < -0.4 is 14.8 Å². The second-order valence-corrected chi connectivity index (χ2v) is 11.0. The molecule has 0 fully saturated rings. The van der Waals surface area contributed by atoms with E-state index in [0.717, 1.165) is 21.7 Å². The van der Waals surface area contributed by atoms with Crippen molar-refractivity contribution in [3.63, 3.8) is 0 Å². The van der Waals surface area contributed by atoms with Crippen LogP contribution in [0.4, 0.5) is 4.39 Å². The number of carbonyl (C=O) groups is 1. The Morgan fingerprint density at radius 1 is 0.860 bits per heavy atom. The van der Waals surface area contributed by atoms with Crippen LogP contribution in [-0.2, 0) is 19.5 Å². The molecule has 8 heteroatoms. The minimum Gasteiger partial charge on any atom is -0.493 e. The summed E-state index contributed by atoms with van der Waals surface area (Å²) in [5.74, 6) is 0.849. The summed E-state index contributed by atoms with van der Waals surface area (Å²) in [6.45, 7) is 1.53. The molecule has 0 saturated carbocycles. The van der Waals surface area contributed by atoms with E-state index in [2.05, 4.69) is 10.2 Å². The topological polar surface area (TPSA) is 63.7 Å². The summed E-state index contributed by atoms with van der Waals surface area (Å²) >= 11 is 1.43. The Morgan fingerprint density at radius 3 is 2.16 bits per heavy atom. The normalized spacial score (nSPS) is 11.1. The molecular weight excluding hydrogens is 561 g/mol. The van der Waals surface area contributed by atoms with Gasteiger partial charge in [0.2, 0.25) is 0 Å². The molecule has 0 radical (unpaired) electrons. The van der Waals surface area contributed by atoms with E-state index in [1.807, 2.05) is 84.9 Å². The number of rotatable bonds is 13. The molecule has 0 aliphatic carbocycles. The van der Waals surface area contributed by atoms with Gasteiger partial charge < -0.3 is 14.8 Å². The maximum absolute atomic E-state index is 14.6. The summed E-state index contributed by atoms with van der Waals surface area (Å²) in [6.07, 6.45) is 0.712. The van der Waals surface area contributed by atoms with Crippen molar-refractivity contribution in [3.8, 4) is 11.5 Å². The number of halogens is 1. The van der Waals surface area contributed by atoms with Crippen molar-refractivity contribution < 1.29 is 18.7 Å². The lowest BCUT2D eigenvalue weighted by atomic mass is 9.98. The highest BCUT2D eigenvalue weighted by atomic mass is 32.1. The van der Waals surface area contributed by atoms with E-state index < -0.39 is 0 Å². The SMILES string of the molecule is COc1ccc(CCN(Cc2nc(C(=O)NC(c3ccccc3)c3ccccc3)cs2)Cc2ccccc2F)cc1OC. The zero-order valence-corrected chi connectivity index (χ0v) is 25.0. The molecule has 43 heavy (non-hydrogen) atoms. The van der Waals surface area contributed by atoms with Crippen molar-refractivity contribution in [2.75, 3.05) is 20.8 Å². The number of thiazole rings is 1. The van der Waals surface area contributed by atoms with Crippen LogP contribution in [0.15, 0.2) is 109 Å². The summed E-state index contributed by atoms with van der Waals surface area (Å²) in [7, 11) is 3.23. The van der Waals surface area contributed by atoms with Gasteiger partial charge in [0, 0.05) is 24.0 Å². The average molecular weight is 596 g/mol. The van der Waals surface area contributed by atoms with Crippen LogP contribution in [-0.4, -0.2) is 36.6 Å². The predicted octanol–water partition coefficient (Wildman–Crippen LogP) is 7.06. The third-order valence-electron chi connectivity index (χ3n) is 7.20. The standard InChI is InChI=1S/C35H34FN3O3S/c1-41-31-18-17-25(21-32(31)42-2)19-20-39(22-28-15-9-10-16-29(28)36)23-33-37-30(24-43-33)35(40)38-34(26-11-5-3-6-12-26)27-13-7-4-8-14-27/h3-18,21,24,34H,19-20,22-23H2,1-2H3,(H,38,40). The first-order valence-corrected chi connectivity index (χ1v) is 14.9. The summed E-state index contributed by atoms with van der Waals surface area (Å²) < 4.78 is 25.5. The predicted molar refractivity (Wildman–Crippen MR) is 168 cm³/mol. The van der Waals surface area contributed by atoms with Gasteiger partial charge in [-0.15, -0.1) is 11.3 Å². The van der Waals surface area contributed by atoms with Gasteiger partial charge in [-0.2, -0.15) is 0 Å². The van der Waals surface area contributed by atoms with Gasteiger partial charge in [0.25, 0.3) is 5.91 Å². The van der Waals surface area contributed by atoms with Crippen LogP contribution in [0.1, 0.15) is 43.8 Å². The lowest BCUT2D eigenvalue weighted by molar-refractivity contribution is 0.0938. The maximum atomic E-state index is 14.6. The number of carbonyl (C=O) groups excluding carboxylic acids is 1. The number of nitrogens with zero attached hydrogens (tertiary/aromatic N) is 2. The molecule has 4 aromatic carbocycles. The molecule has 5 rings (SSSR count). The molecule has 0 bridgehead atoms. The van der Waals surface area contributed by atoms with Crippen LogP contribution in [0.25, 0.3) is 0 Å². The van der Waals surface area contributed by atoms with Crippen molar-refractivity contribution in [2.45, 2.75) is 25.6 Å². The van der Waals surface area contributed by atoms with Gasteiger partial charge in [0.05, 0.1) is 26.8 Å². The van der Waals surface area contributed by atoms with Crippen LogP contribution in [0.2, 0.25) is 0 Å². The number of ether oxygens (including phenoxy) is 2. The molecule has 1 N–H and O–H groups in total. The smallest absolute Gasteiger partial charge is 0.271 e. The van der Waals surface area contributed by atoms with Crippen LogP contribution >= 0.6 is 11.3 Å². The Morgan fingerprint density at radius 2 is 1.51 bits per heavy atom. The zero-order chi connectivity index (χ0) is 30.0. The molecule has 0 spiro atoms. The molecule has 0 aliphatic heterocycles. The minimum absolute atomic E-state index is 0.244. The van der Waals surface area contributed by atoms with Gasteiger partial charge >= 0.3 is 0 Å². The fraction of sp³-hybridized carbons (Fsp3) is 0.200. The molecule has 5 aromatic rings. The van der Waals surface area contributed by atoms with E-state index in [0.29, 0.717) is 48.8 Å². The van der Waals surface area contributed by atoms with Crippen LogP contribution in [0.3, 0.4) is 0 Å². The first kappa shape index (κ1) is 29.9. The van der Waals surface area contributed by atoms with Gasteiger partial charge in [-0.3, -0.25) is 9.69 Å². The number of hydrogen-bond acceptors (Lipinski definition) is 6. The first-order valence-electron chi connectivity index (χ1n) is 14.1. The molecular formula is C35H34FN3O3S. The van der Waals surface area contributed by atoms with E-state index in [-0.39, 0.29) is 17.8 Å². The highest BCUT2D eigenvalue weighted by Crippen LogP contribution is 2.28. The number of amides is 1. The lowest BCUT2D eigenvalue weighted by Crippen LogP contribution is -2.30. The van der Waals surface area contributed by atoms with Gasteiger partial charge in [-0.25, -0.2) is 9.37 Å². The Bertz CT molecular complexity index is 1590. The highest BCUT2D eigenvalue weighted by molar-refractivity contribution is 7.09. The van der Waals surface area contributed by atoms with E-state index >= 15 is 0 Å². The molecule has 1 heterocycles. The molecule has 1 amide bonds. The number of aromatic nitrogens is 1. The molecule has 220 valence electrons. The van der Waals surface area contributed by atoms with Gasteiger partial charge in [-0.1, -0.05) is 84.9 Å². The Labute approximate surface area is 255 Å². The molecule has 1 aromatic heterocycles. The molecule has 0 aliphatic rings. The fourth-order valence-electron chi connectivity index (χ4n) is 4.94. The van der Waals surface area contributed by atoms with E-state index in [4.69, 9.17) is 14.5 Å². The zero-order valence-electron chi connectivity index (χ0n) is 24.2. The van der Waals surface area contributed by atoms with Crippen molar-refractivity contribution in [3.05, 3.63) is 147 Å². The minimum atomic E-state index is -0.306. The Balaban J connectivity index is 1.32. The van der Waals surface area contributed by atoms with E-state index in [1.165, 1.54) is 17.4 Å². The largest absolute Gasteiger partial charge is 0.493 e. The van der Waals surface area contributed by atoms with Gasteiger partial charge in [0.15, 0.2) is 11.5 Å². The molecule has 0 unspecified atom stereocenters. The highest BCUT2D eigenvalue weighted by Gasteiger charge is 2.20.